The lowest BCUT2D eigenvalue weighted by atomic mass is 9.69. The minimum atomic E-state index is -0.0645. The number of hydrazone groups is 1. The molecule has 248 valence electrons. The van der Waals surface area contributed by atoms with Gasteiger partial charge in [-0.15, -0.1) is 11.3 Å². The number of hydrogen-bond donors (Lipinski definition) is 2. The maximum atomic E-state index is 12.9. The van der Waals surface area contributed by atoms with Crippen LogP contribution in [-0.4, -0.2) is 24.1 Å². The molecule has 6 nitrogen and oxygen atoms in total. The molecule has 0 bridgehead atoms. The van der Waals surface area contributed by atoms with Crippen LogP contribution in [0, 0.1) is 37.5 Å². The molecular weight excluding hydrogens is 609 g/mol. The molecule has 0 spiro atoms. The molecule has 0 unspecified atom stereocenters. The zero-order valence-electron chi connectivity index (χ0n) is 28.5. The smallest absolute Gasteiger partial charge is 0.314 e. The van der Waals surface area contributed by atoms with Gasteiger partial charge in [0.05, 0.1) is 21.7 Å². The molecule has 2 aromatic carbocycles. The number of hydrogen-bond acceptors (Lipinski definition) is 8. The van der Waals surface area contributed by atoms with Gasteiger partial charge in [0.1, 0.15) is 5.75 Å². The molecule has 5 rings (SSSR count). The molecule has 1 heterocycles. The maximum absolute atomic E-state index is 12.9. The van der Waals surface area contributed by atoms with Gasteiger partial charge in [0.15, 0.2) is 0 Å². The number of rotatable bonds is 11. The van der Waals surface area contributed by atoms with Crippen LogP contribution < -0.4 is 20.4 Å². The number of esters is 1. The Morgan fingerprint density at radius 3 is 2.22 bits per heavy atom. The van der Waals surface area contributed by atoms with Gasteiger partial charge in [-0.05, 0) is 145 Å². The Morgan fingerprint density at radius 2 is 1.59 bits per heavy atom. The van der Waals surface area contributed by atoms with E-state index in [0.29, 0.717) is 5.75 Å². The molecule has 3 aromatic rings. The van der Waals surface area contributed by atoms with Crippen molar-refractivity contribution < 1.29 is 9.53 Å². The molecule has 1 aromatic heterocycles. The summed E-state index contributed by atoms with van der Waals surface area (Å²) in [4.78, 5) is 17.7. The molecule has 2 aliphatic rings. The Morgan fingerprint density at radius 1 is 0.935 bits per heavy atom. The van der Waals surface area contributed by atoms with Crippen LogP contribution in [0.4, 0.5) is 22.1 Å². The molecular formula is C38H52N4O2S2. The summed E-state index contributed by atoms with van der Waals surface area (Å²) in [5, 5.41) is 10.2. The number of carbonyl (C=O) groups is 1. The lowest BCUT2D eigenvalue weighted by Crippen LogP contribution is -2.29. The van der Waals surface area contributed by atoms with E-state index in [0.717, 1.165) is 65.1 Å². The van der Waals surface area contributed by atoms with E-state index in [1.807, 2.05) is 31.2 Å². The fourth-order valence-electron chi connectivity index (χ4n) is 7.04. The van der Waals surface area contributed by atoms with E-state index in [9.17, 15) is 4.79 Å². The summed E-state index contributed by atoms with van der Waals surface area (Å²) >= 11 is 3.39. The number of nitrogens with zero attached hydrogens (tertiary/aromatic N) is 2. The minimum Gasteiger partial charge on any atom is -0.426 e. The van der Waals surface area contributed by atoms with Gasteiger partial charge in [-0.1, -0.05) is 31.5 Å². The molecule has 2 N–H and O–H groups in total. The fraction of sp³-hybridized carbons (Fsp3) is 0.526. The monoisotopic (exact) mass is 660 g/mol. The number of thioether (sulfide) groups is 1. The van der Waals surface area contributed by atoms with Crippen LogP contribution in [0.15, 0.2) is 58.5 Å². The second kappa shape index (κ2) is 16.2. The summed E-state index contributed by atoms with van der Waals surface area (Å²) in [6, 6.07) is 16.4. The first kappa shape index (κ1) is 34.4. The predicted molar refractivity (Wildman–Crippen MR) is 198 cm³/mol. The molecule has 2 saturated carbocycles. The van der Waals surface area contributed by atoms with Gasteiger partial charge in [0.2, 0.25) is 0 Å². The van der Waals surface area contributed by atoms with E-state index in [4.69, 9.17) is 4.74 Å². The molecule has 2 aliphatic carbocycles. The first-order chi connectivity index (χ1) is 22.2. The fourth-order valence-corrected chi connectivity index (χ4v) is 8.93. The number of ether oxygens (including phenoxy) is 1. The van der Waals surface area contributed by atoms with E-state index >= 15 is 0 Å². The third kappa shape index (κ3) is 9.09. The Bertz CT molecular complexity index is 1460. The highest BCUT2D eigenvalue weighted by Gasteiger charge is 2.33. The van der Waals surface area contributed by atoms with Crippen LogP contribution >= 0.6 is 23.1 Å². The number of aryl methyl sites for hydroxylation is 2. The van der Waals surface area contributed by atoms with Crippen LogP contribution in [-0.2, 0) is 4.79 Å². The highest BCUT2D eigenvalue weighted by Crippen LogP contribution is 2.42. The Hall–Kier alpha value is -2.97. The molecule has 8 heteroatoms. The van der Waals surface area contributed by atoms with Gasteiger partial charge >= 0.3 is 5.97 Å². The van der Waals surface area contributed by atoms with E-state index in [1.165, 1.54) is 59.5 Å². The Labute approximate surface area is 284 Å². The van der Waals surface area contributed by atoms with Gasteiger partial charge in [0.25, 0.3) is 0 Å². The van der Waals surface area contributed by atoms with Gasteiger partial charge in [-0.2, -0.15) is 5.10 Å². The van der Waals surface area contributed by atoms with Crippen LogP contribution in [0.3, 0.4) is 0 Å². The van der Waals surface area contributed by atoms with Crippen LogP contribution in [0.2, 0.25) is 0 Å². The van der Waals surface area contributed by atoms with Crippen molar-refractivity contribution in [2.24, 2.45) is 28.8 Å². The average Bonchev–Trinajstić information content (AvgIpc) is 3.40. The molecule has 0 saturated heterocycles. The molecule has 0 amide bonds. The molecule has 0 atom stereocenters. The highest BCUT2D eigenvalue weighted by atomic mass is 32.2. The lowest BCUT2D eigenvalue weighted by Gasteiger charge is -2.36. The maximum Gasteiger partial charge on any atom is 0.314 e. The van der Waals surface area contributed by atoms with Crippen molar-refractivity contribution in [2.75, 3.05) is 28.7 Å². The topological polar surface area (TPSA) is 66.0 Å². The second-order valence-electron chi connectivity index (χ2n) is 13.2. The van der Waals surface area contributed by atoms with Gasteiger partial charge in [0, 0.05) is 34.2 Å². The summed E-state index contributed by atoms with van der Waals surface area (Å²) in [5.74, 6) is 3.16. The Balaban J connectivity index is 1.09. The van der Waals surface area contributed by atoms with Crippen LogP contribution in [0.5, 0.6) is 5.75 Å². The largest absolute Gasteiger partial charge is 0.426 e. The SMILES string of the molecule is CCN(CC)c1ccc(N/N=C(\C)Sc2cc(Nc3ccc(OC(=O)C4CCC(C5CCC(C)CC5)CC4)cc3)sc2C)c(C)c1. The quantitative estimate of drug-likeness (QED) is 0.0533. The summed E-state index contributed by atoms with van der Waals surface area (Å²) in [7, 11) is 0. The van der Waals surface area contributed by atoms with E-state index in [-0.39, 0.29) is 11.9 Å². The van der Waals surface area contributed by atoms with E-state index < -0.39 is 0 Å². The van der Waals surface area contributed by atoms with Gasteiger partial charge in [-0.3, -0.25) is 10.2 Å². The first-order valence-electron chi connectivity index (χ1n) is 17.2. The Kier molecular flexibility index (Phi) is 12.1. The minimum absolute atomic E-state index is 0.0332. The number of nitrogens with one attached hydrogen (secondary N) is 2. The van der Waals surface area contributed by atoms with Crippen molar-refractivity contribution in [3.05, 3.63) is 59.0 Å². The summed E-state index contributed by atoms with van der Waals surface area (Å²) in [5.41, 5.74) is 7.66. The number of benzene rings is 2. The standard InChI is InChI=1S/C38H52N4O2S2/c1-7-42(8-2)33-19-22-35(26(4)23-33)41-40-28(6)46-36-24-37(45-27(36)5)39-32-17-20-34(21-18-32)44-38(43)31-15-13-30(14-16-31)29-11-9-25(3)10-12-29/h17-25,29-31,39,41H,7-16H2,1-6H3/b40-28+. The molecule has 0 radical (unpaired) electrons. The van der Waals surface area contributed by atoms with E-state index in [2.05, 4.69) is 79.6 Å². The summed E-state index contributed by atoms with van der Waals surface area (Å²) < 4.78 is 5.82. The zero-order chi connectivity index (χ0) is 32.6. The highest BCUT2D eigenvalue weighted by molar-refractivity contribution is 8.14. The van der Waals surface area contributed by atoms with E-state index in [1.54, 1.807) is 23.1 Å². The second-order valence-corrected chi connectivity index (χ2v) is 15.7. The normalized spacial score (nSPS) is 21.9. The van der Waals surface area contributed by atoms with Crippen molar-refractivity contribution in [1.82, 2.24) is 0 Å². The van der Waals surface area contributed by atoms with Crippen LogP contribution in [0.1, 0.15) is 89.5 Å². The first-order valence-corrected chi connectivity index (χ1v) is 18.9. The number of thiophene rings is 1. The predicted octanol–water partition coefficient (Wildman–Crippen LogP) is 11.0. The summed E-state index contributed by atoms with van der Waals surface area (Å²) in [6.45, 7) is 15.0. The average molecular weight is 661 g/mol. The third-order valence-corrected chi connectivity index (χ3v) is 12.1. The molecule has 0 aliphatic heterocycles. The third-order valence-electron chi connectivity index (χ3n) is 9.97. The van der Waals surface area contributed by atoms with Gasteiger partial charge < -0.3 is 15.0 Å². The van der Waals surface area contributed by atoms with Crippen molar-refractivity contribution in [3.8, 4) is 5.75 Å². The van der Waals surface area contributed by atoms with Crippen molar-refractivity contribution in [3.63, 3.8) is 0 Å². The number of carbonyl (C=O) groups excluding carboxylic acids is 1. The van der Waals surface area contributed by atoms with Gasteiger partial charge in [-0.25, -0.2) is 0 Å². The molecule has 2 fully saturated rings. The van der Waals surface area contributed by atoms with Crippen molar-refractivity contribution in [2.45, 2.75) is 97.8 Å². The molecule has 46 heavy (non-hydrogen) atoms. The van der Waals surface area contributed by atoms with Crippen molar-refractivity contribution >= 4 is 56.2 Å². The van der Waals surface area contributed by atoms with Crippen LogP contribution in [0.25, 0.3) is 0 Å². The lowest BCUT2D eigenvalue weighted by molar-refractivity contribution is -0.140. The van der Waals surface area contributed by atoms with Crippen molar-refractivity contribution in [1.29, 1.82) is 0 Å². The zero-order valence-corrected chi connectivity index (χ0v) is 30.2. The number of anilines is 4. The summed E-state index contributed by atoms with van der Waals surface area (Å²) in [6.07, 6.45) is 9.81.